The van der Waals surface area contributed by atoms with E-state index in [1.165, 1.54) is 6.07 Å². The summed E-state index contributed by atoms with van der Waals surface area (Å²) in [6.07, 6.45) is 0. The summed E-state index contributed by atoms with van der Waals surface area (Å²) in [5.74, 6) is 0.183. The van der Waals surface area contributed by atoms with Gasteiger partial charge in [-0.3, -0.25) is 0 Å². The first-order valence-electron chi connectivity index (χ1n) is 5.96. The van der Waals surface area contributed by atoms with Crippen molar-refractivity contribution in [2.24, 2.45) is 0 Å². The zero-order valence-corrected chi connectivity index (χ0v) is 10.8. The predicted octanol–water partition coefficient (Wildman–Crippen LogP) is 3.22. The molecule has 0 saturated heterocycles. The van der Waals surface area contributed by atoms with Crippen molar-refractivity contribution in [3.8, 4) is 11.8 Å². The third-order valence-electron chi connectivity index (χ3n) is 2.73. The summed E-state index contributed by atoms with van der Waals surface area (Å²) in [6.45, 7) is 1.75. The van der Waals surface area contributed by atoms with Gasteiger partial charge in [0.2, 0.25) is 0 Å². The molecule has 0 heterocycles. The SMILES string of the molecule is Cc1cc(NC(=O)Nc2ccc(C#N)cc2)ccc1O. The minimum atomic E-state index is -0.389. The number of aromatic hydroxyl groups is 1. The number of nitrogens with zero attached hydrogens (tertiary/aromatic N) is 1. The number of hydrogen-bond acceptors (Lipinski definition) is 3. The second-order valence-corrected chi connectivity index (χ2v) is 4.27. The van der Waals surface area contributed by atoms with Crippen LogP contribution in [0.25, 0.3) is 0 Å². The van der Waals surface area contributed by atoms with Gasteiger partial charge in [0.15, 0.2) is 0 Å². The molecule has 0 saturated carbocycles. The first kappa shape index (κ1) is 13.4. The third kappa shape index (κ3) is 3.27. The Labute approximate surface area is 116 Å². The van der Waals surface area contributed by atoms with Gasteiger partial charge < -0.3 is 15.7 Å². The number of benzene rings is 2. The topological polar surface area (TPSA) is 85.2 Å². The van der Waals surface area contributed by atoms with E-state index in [1.807, 2.05) is 6.07 Å². The average Bonchev–Trinajstić information content (AvgIpc) is 2.44. The van der Waals surface area contributed by atoms with E-state index in [9.17, 15) is 9.90 Å². The van der Waals surface area contributed by atoms with Gasteiger partial charge in [0.25, 0.3) is 0 Å². The van der Waals surface area contributed by atoms with Gasteiger partial charge in [0, 0.05) is 11.4 Å². The van der Waals surface area contributed by atoms with Crippen LogP contribution in [0.15, 0.2) is 42.5 Å². The molecule has 0 atom stereocenters. The Balaban J connectivity index is 2.01. The predicted molar refractivity (Wildman–Crippen MR) is 76.6 cm³/mol. The normalized spacial score (nSPS) is 9.60. The van der Waals surface area contributed by atoms with Gasteiger partial charge in [-0.05, 0) is 55.0 Å². The molecule has 0 aliphatic carbocycles. The number of carbonyl (C=O) groups is 1. The number of anilines is 2. The summed E-state index contributed by atoms with van der Waals surface area (Å²) in [7, 11) is 0. The Hall–Kier alpha value is -3.00. The van der Waals surface area contributed by atoms with E-state index in [0.29, 0.717) is 22.5 Å². The maximum absolute atomic E-state index is 11.8. The average molecular weight is 267 g/mol. The molecule has 0 radical (unpaired) electrons. The van der Waals surface area contributed by atoms with Gasteiger partial charge in [-0.2, -0.15) is 5.26 Å². The highest BCUT2D eigenvalue weighted by Crippen LogP contribution is 2.20. The summed E-state index contributed by atoms with van der Waals surface area (Å²) in [6, 6.07) is 13.0. The highest BCUT2D eigenvalue weighted by molar-refractivity contribution is 5.99. The zero-order valence-electron chi connectivity index (χ0n) is 10.8. The summed E-state index contributed by atoms with van der Waals surface area (Å²) < 4.78 is 0. The molecule has 5 nitrogen and oxygen atoms in total. The molecule has 2 aromatic rings. The fourth-order valence-electron chi connectivity index (χ4n) is 1.65. The smallest absolute Gasteiger partial charge is 0.323 e. The number of amides is 2. The molecule has 0 aromatic heterocycles. The van der Waals surface area contributed by atoms with Crippen LogP contribution in [0.5, 0.6) is 5.75 Å². The van der Waals surface area contributed by atoms with Crippen LogP contribution in [0, 0.1) is 18.3 Å². The summed E-state index contributed by atoms with van der Waals surface area (Å²) in [5.41, 5.74) is 2.40. The molecular weight excluding hydrogens is 254 g/mol. The van der Waals surface area contributed by atoms with E-state index < -0.39 is 0 Å². The van der Waals surface area contributed by atoms with Gasteiger partial charge in [-0.25, -0.2) is 4.79 Å². The van der Waals surface area contributed by atoms with Crippen LogP contribution in [0.4, 0.5) is 16.2 Å². The molecule has 20 heavy (non-hydrogen) atoms. The minimum Gasteiger partial charge on any atom is -0.508 e. The molecular formula is C15H13N3O2. The first-order valence-corrected chi connectivity index (χ1v) is 5.96. The number of urea groups is 1. The Morgan fingerprint density at radius 2 is 1.70 bits per heavy atom. The molecule has 2 aromatic carbocycles. The highest BCUT2D eigenvalue weighted by atomic mass is 16.3. The molecule has 0 bridgehead atoms. The number of phenols is 1. The lowest BCUT2D eigenvalue weighted by atomic mass is 10.2. The fraction of sp³-hybridized carbons (Fsp3) is 0.0667. The van der Waals surface area contributed by atoms with Crippen molar-refractivity contribution < 1.29 is 9.90 Å². The van der Waals surface area contributed by atoms with Crippen molar-refractivity contribution in [1.29, 1.82) is 5.26 Å². The lowest BCUT2D eigenvalue weighted by molar-refractivity contribution is 0.262. The fourth-order valence-corrected chi connectivity index (χ4v) is 1.65. The molecule has 5 heteroatoms. The van der Waals surface area contributed by atoms with Gasteiger partial charge in [-0.15, -0.1) is 0 Å². The van der Waals surface area contributed by atoms with Crippen molar-refractivity contribution in [2.45, 2.75) is 6.92 Å². The van der Waals surface area contributed by atoms with E-state index in [0.717, 1.165) is 0 Å². The Morgan fingerprint density at radius 3 is 2.30 bits per heavy atom. The van der Waals surface area contributed by atoms with Crippen LogP contribution in [-0.4, -0.2) is 11.1 Å². The van der Waals surface area contributed by atoms with E-state index in [4.69, 9.17) is 5.26 Å². The van der Waals surface area contributed by atoms with Crippen LogP contribution in [0.2, 0.25) is 0 Å². The van der Waals surface area contributed by atoms with Crippen LogP contribution in [-0.2, 0) is 0 Å². The second kappa shape index (κ2) is 5.76. The van der Waals surface area contributed by atoms with Crippen molar-refractivity contribution in [3.63, 3.8) is 0 Å². The number of rotatable bonds is 2. The molecule has 0 aliphatic rings. The lowest BCUT2D eigenvalue weighted by Crippen LogP contribution is -2.19. The van der Waals surface area contributed by atoms with E-state index >= 15 is 0 Å². The quantitative estimate of drug-likeness (QED) is 0.730. The standard InChI is InChI=1S/C15H13N3O2/c1-10-8-13(6-7-14(10)19)18-15(20)17-12-4-2-11(9-16)3-5-12/h2-8,19H,1H3,(H2,17,18,20). The van der Waals surface area contributed by atoms with Crippen molar-refractivity contribution >= 4 is 17.4 Å². The third-order valence-corrected chi connectivity index (χ3v) is 2.73. The first-order chi connectivity index (χ1) is 9.58. The van der Waals surface area contributed by atoms with Crippen LogP contribution in [0.3, 0.4) is 0 Å². The van der Waals surface area contributed by atoms with E-state index in [2.05, 4.69) is 10.6 Å². The largest absolute Gasteiger partial charge is 0.508 e. The van der Waals surface area contributed by atoms with Crippen LogP contribution in [0.1, 0.15) is 11.1 Å². The summed E-state index contributed by atoms with van der Waals surface area (Å²) >= 11 is 0. The molecule has 3 N–H and O–H groups in total. The molecule has 100 valence electrons. The van der Waals surface area contributed by atoms with Crippen molar-refractivity contribution in [1.82, 2.24) is 0 Å². The van der Waals surface area contributed by atoms with Crippen LogP contribution >= 0.6 is 0 Å². The maximum Gasteiger partial charge on any atom is 0.323 e. The van der Waals surface area contributed by atoms with E-state index in [1.54, 1.807) is 43.3 Å². The molecule has 0 spiro atoms. The Bertz CT molecular complexity index is 673. The Morgan fingerprint density at radius 1 is 1.10 bits per heavy atom. The summed E-state index contributed by atoms with van der Waals surface area (Å²) in [4.78, 5) is 11.8. The number of phenolic OH excluding ortho intramolecular Hbond substituents is 1. The zero-order chi connectivity index (χ0) is 14.5. The molecule has 2 rings (SSSR count). The van der Waals surface area contributed by atoms with Crippen molar-refractivity contribution in [2.75, 3.05) is 10.6 Å². The van der Waals surface area contributed by atoms with E-state index in [-0.39, 0.29) is 11.8 Å². The van der Waals surface area contributed by atoms with Gasteiger partial charge in [-0.1, -0.05) is 0 Å². The number of aryl methyl sites for hydroxylation is 1. The lowest BCUT2D eigenvalue weighted by Gasteiger charge is -2.08. The van der Waals surface area contributed by atoms with Gasteiger partial charge in [0.1, 0.15) is 5.75 Å². The van der Waals surface area contributed by atoms with Gasteiger partial charge >= 0.3 is 6.03 Å². The maximum atomic E-state index is 11.8. The molecule has 2 amide bonds. The number of nitrogens with one attached hydrogen (secondary N) is 2. The minimum absolute atomic E-state index is 0.183. The molecule has 0 fully saturated rings. The van der Waals surface area contributed by atoms with Gasteiger partial charge in [0.05, 0.1) is 11.6 Å². The Kier molecular flexibility index (Phi) is 3.87. The second-order valence-electron chi connectivity index (χ2n) is 4.27. The van der Waals surface area contributed by atoms with Crippen LogP contribution < -0.4 is 10.6 Å². The number of hydrogen-bond donors (Lipinski definition) is 3. The number of carbonyl (C=O) groups excluding carboxylic acids is 1. The highest BCUT2D eigenvalue weighted by Gasteiger charge is 2.04. The number of nitriles is 1. The summed E-state index contributed by atoms with van der Waals surface area (Å²) in [5, 5.41) is 23.4. The molecule has 0 unspecified atom stereocenters. The van der Waals surface area contributed by atoms with Crippen molar-refractivity contribution in [3.05, 3.63) is 53.6 Å². The molecule has 0 aliphatic heterocycles. The monoisotopic (exact) mass is 267 g/mol.